The van der Waals surface area contributed by atoms with Gasteiger partial charge < -0.3 is 10.8 Å². The van der Waals surface area contributed by atoms with Crippen LogP contribution in [0.3, 0.4) is 0 Å². The number of hydrogen-bond acceptors (Lipinski definition) is 2. The van der Waals surface area contributed by atoms with Gasteiger partial charge in [0.25, 0.3) is 0 Å². The first-order chi connectivity index (χ1) is 5.58. The largest absolute Gasteiger partial charge is 0.388 e. The van der Waals surface area contributed by atoms with Gasteiger partial charge in [-0.2, -0.15) is 0 Å². The first-order valence-corrected chi connectivity index (χ1v) is 5.09. The minimum absolute atomic E-state index is 0.295. The Bertz CT molecular complexity index is 144. The van der Waals surface area contributed by atoms with Gasteiger partial charge in [0, 0.05) is 5.54 Å². The highest BCUT2D eigenvalue weighted by Gasteiger charge is 2.46. The molecule has 72 valence electrons. The molecule has 0 aromatic heterocycles. The first kappa shape index (κ1) is 10.0. The molecule has 2 heteroatoms. The fourth-order valence-electron chi connectivity index (χ4n) is 2.43. The molecule has 12 heavy (non-hydrogen) atoms. The average molecular weight is 171 g/mol. The van der Waals surface area contributed by atoms with E-state index in [1.807, 2.05) is 13.8 Å². The summed E-state index contributed by atoms with van der Waals surface area (Å²) in [4.78, 5) is 0. The normalized spacial score (nSPS) is 23.0. The van der Waals surface area contributed by atoms with Crippen LogP contribution in [0.15, 0.2) is 0 Å². The molecule has 1 rings (SSSR count). The van der Waals surface area contributed by atoms with Crippen LogP contribution in [-0.2, 0) is 0 Å². The molecule has 1 saturated carbocycles. The summed E-state index contributed by atoms with van der Waals surface area (Å²) in [5.74, 6) is 0. The van der Waals surface area contributed by atoms with Gasteiger partial charge in [0.1, 0.15) is 0 Å². The van der Waals surface area contributed by atoms with Gasteiger partial charge in [-0.25, -0.2) is 0 Å². The van der Waals surface area contributed by atoms with Crippen molar-refractivity contribution < 1.29 is 5.11 Å². The van der Waals surface area contributed by atoms with Gasteiger partial charge >= 0.3 is 0 Å². The predicted octanol–water partition coefficient (Wildman–Crippen LogP) is 1.81. The lowest BCUT2D eigenvalue weighted by Gasteiger charge is -2.41. The highest BCUT2D eigenvalue weighted by Crippen LogP contribution is 2.39. The van der Waals surface area contributed by atoms with Crippen LogP contribution in [0.1, 0.15) is 52.4 Å². The zero-order valence-corrected chi connectivity index (χ0v) is 8.27. The minimum atomic E-state index is -0.622. The number of aliphatic hydroxyl groups is 1. The molecule has 2 nitrogen and oxygen atoms in total. The van der Waals surface area contributed by atoms with Crippen molar-refractivity contribution in [1.29, 1.82) is 0 Å². The Morgan fingerprint density at radius 3 is 2.00 bits per heavy atom. The molecule has 0 aromatic rings. The summed E-state index contributed by atoms with van der Waals surface area (Å²) in [6, 6.07) is 0. The molecule has 0 heterocycles. The third kappa shape index (κ3) is 1.38. The van der Waals surface area contributed by atoms with E-state index < -0.39 is 5.60 Å². The topological polar surface area (TPSA) is 46.2 Å². The quantitative estimate of drug-likeness (QED) is 0.680. The van der Waals surface area contributed by atoms with Crippen molar-refractivity contribution in [1.82, 2.24) is 0 Å². The minimum Gasteiger partial charge on any atom is -0.388 e. The highest BCUT2D eigenvalue weighted by molar-refractivity contribution is 5.04. The summed E-state index contributed by atoms with van der Waals surface area (Å²) >= 11 is 0. The summed E-state index contributed by atoms with van der Waals surface area (Å²) in [5, 5.41) is 10.3. The second kappa shape index (κ2) is 3.35. The van der Waals surface area contributed by atoms with E-state index in [1.54, 1.807) is 0 Å². The third-order valence-electron chi connectivity index (χ3n) is 3.59. The molecule has 0 unspecified atom stereocenters. The number of nitrogens with two attached hydrogens (primary N) is 1. The fraction of sp³-hybridized carbons (Fsp3) is 1.00. The number of rotatable bonds is 3. The van der Waals surface area contributed by atoms with Gasteiger partial charge in [-0.15, -0.1) is 0 Å². The van der Waals surface area contributed by atoms with E-state index in [2.05, 4.69) is 0 Å². The average Bonchev–Trinajstić information content (AvgIpc) is 2.52. The Balaban J connectivity index is 2.75. The smallest absolute Gasteiger partial charge is 0.0821 e. The predicted molar refractivity (Wildman–Crippen MR) is 50.9 cm³/mol. The number of hydrogen-bond donors (Lipinski definition) is 2. The monoisotopic (exact) mass is 171 g/mol. The molecule has 3 N–H and O–H groups in total. The van der Waals surface area contributed by atoms with Crippen LogP contribution >= 0.6 is 0 Å². The molecule has 0 saturated heterocycles. The van der Waals surface area contributed by atoms with E-state index in [-0.39, 0.29) is 5.54 Å². The summed E-state index contributed by atoms with van der Waals surface area (Å²) in [5.41, 5.74) is 5.29. The lowest BCUT2D eigenvalue weighted by atomic mass is 9.75. The zero-order chi connectivity index (χ0) is 9.24. The van der Waals surface area contributed by atoms with Crippen molar-refractivity contribution in [3.63, 3.8) is 0 Å². The second-order valence-corrected chi connectivity index (χ2v) is 4.10. The second-order valence-electron chi connectivity index (χ2n) is 4.10. The van der Waals surface area contributed by atoms with E-state index in [9.17, 15) is 5.11 Å². The van der Waals surface area contributed by atoms with Crippen molar-refractivity contribution in [2.24, 2.45) is 5.73 Å². The molecular formula is C10H21NO. The van der Waals surface area contributed by atoms with Gasteiger partial charge in [-0.1, -0.05) is 26.7 Å². The summed E-state index contributed by atoms with van der Waals surface area (Å²) in [6.45, 7) is 4.05. The van der Waals surface area contributed by atoms with Crippen molar-refractivity contribution in [2.75, 3.05) is 0 Å². The van der Waals surface area contributed by atoms with Crippen LogP contribution in [-0.4, -0.2) is 16.2 Å². The van der Waals surface area contributed by atoms with Crippen LogP contribution in [0.25, 0.3) is 0 Å². The molecule has 1 aliphatic carbocycles. The van der Waals surface area contributed by atoms with Gasteiger partial charge in [0.15, 0.2) is 0 Å². The van der Waals surface area contributed by atoms with Crippen LogP contribution < -0.4 is 5.73 Å². The molecule has 1 fully saturated rings. The lowest BCUT2D eigenvalue weighted by Crippen LogP contribution is -2.58. The summed E-state index contributed by atoms with van der Waals surface area (Å²) in [6.07, 6.45) is 5.90. The third-order valence-corrected chi connectivity index (χ3v) is 3.59. The molecule has 0 amide bonds. The Kier molecular flexibility index (Phi) is 2.79. The Hall–Kier alpha value is -0.0800. The molecule has 0 spiro atoms. The molecule has 0 aromatic carbocycles. The molecule has 0 bridgehead atoms. The van der Waals surface area contributed by atoms with Gasteiger partial charge in [-0.05, 0) is 25.7 Å². The van der Waals surface area contributed by atoms with Gasteiger partial charge in [0.05, 0.1) is 5.60 Å². The van der Waals surface area contributed by atoms with Crippen LogP contribution in [0.2, 0.25) is 0 Å². The molecule has 0 aliphatic heterocycles. The zero-order valence-electron chi connectivity index (χ0n) is 8.27. The summed E-state index contributed by atoms with van der Waals surface area (Å²) < 4.78 is 0. The SMILES string of the molecule is CCC(O)(CC)C1(N)CCCC1. The van der Waals surface area contributed by atoms with Crippen LogP contribution in [0.4, 0.5) is 0 Å². The lowest BCUT2D eigenvalue weighted by molar-refractivity contribution is -0.0405. The maximum Gasteiger partial charge on any atom is 0.0821 e. The Morgan fingerprint density at radius 1 is 1.25 bits per heavy atom. The summed E-state index contributed by atoms with van der Waals surface area (Å²) in [7, 11) is 0. The van der Waals surface area contributed by atoms with Crippen molar-refractivity contribution in [2.45, 2.75) is 63.5 Å². The Morgan fingerprint density at radius 2 is 1.67 bits per heavy atom. The first-order valence-electron chi connectivity index (χ1n) is 5.09. The fourth-order valence-corrected chi connectivity index (χ4v) is 2.43. The molecule has 0 atom stereocenters. The van der Waals surface area contributed by atoms with Crippen molar-refractivity contribution in [3.05, 3.63) is 0 Å². The van der Waals surface area contributed by atoms with Crippen LogP contribution in [0.5, 0.6) is 0 Å². The van der Waals surface area contributed by atoms with Gasteiger partial charge in [-0.3, -0.25) is 0 Å². The van der Waals surface area contributed by atoms with E-state index in [0.717, 1.165) is 25.7 Å². The molecule has 0 radical (unpaired) electrons. The maximum atomic E-state index is 10.3. The van der Waals surface area contributed by atoms with E-state index >= 15 is 0 Å². The highest BCUT2D eigenvalue weighted by atomic mass is 16.3. The molecule has 1 aliphatic rings. The Labute approximate surface area is 75.2 Å². The van der Waals surface area contributed by atoms with Gasteiger partial charge in [0.2, 0.25) is 0 Å². The van der Waals surface area contributed by atoms with E-state index in [1.165, 1.54) is 12.8 Å². The van der Waals surface area contributed by atoms with Crippen molar-refractivity contribution >= 4 is 0 Å². The standard InChI is InChI=1S/C10H21NO/c1-3-10(12,4-2)9(11)7-5-6-8-9/h12H,3-8,11H2,1-2H3. The maximum absolute atomic E-state index is 10.3. The van der Waals surface area contributed by atoms with Crippen LogP contribution in [0, 0.1) is 0 Å². The van der Waals surface area contributed by atoms with E-state index in [0.29, 0.717) is 0 Å². The van der Waals surface area contributed by atoms with E-state index in [4.69, 9.17) is 5.73 Å². The van der Waals surface area contributed by atoms with Crippen molar-refractivity contribution in [3.8, 4) is 0 Å². The molecular weight excluding hydrogens is 150 g/mol.